The number of carbonyl (C=O) groups is 1. The molecule has 2 heterocycles. The van der Waals surface area contributed by atoms with Gasteiger partial charge in [-0.1, -0.05) is 79.0 Å². The fraction of sp³-hybridized carbons (Fsp3) is 0.360. The number of hydrogen-bond acceptors (Lipinski definition) is 2. The number of anilines is 2. The second kappa shape index (κ2) is 10.9. The Hall–Kier alpha value is -1.82. The minimum absolute atomic E-state index is 0.0562. The fourth-order valence-electron chi connectivity index (χ4n) is 3.82. The van der Waals surface area contributed by atoms with Crippen molar-refractivity contribution < 1.29 is 4.79 Å². The van der Waals surface area contributed by atoms with Gasteiger partial charge in [0.1, 0.15) is 5.54 Å². The Morgan fingerprint density at radius 3 is 2.03 bits per heavy atom. The summed E-state index contributed by atoms with van der Waals surface area (Å²) in [5, 5.41) is 0.951. The highest BCUT2D eigenvalue weighted by molar-refractivity contribution is 9.10. The second-order valence-corrected chi connectivity index (χ2v) is 9.05. The molecule has 0 saturated carbocycles. The quantitative estimate of drug-likeness (QED) is 0.336. The summed E-state index contributed by atoms with van der Waals surface area (Å²) < 4.78 is 3.03. The zero-order chi connectivity index (χ0) is 24.2. The summed E-state index contributed by atoms with van der Waals surface area (Å²) in [5.41, 5.74) is 2.75. The molecule has 4 nitrogen and oxygen atoms in total. The summed E-state index contributed by atoms with van der Waals surface area (Å²) in [6, 6.07) is 13.2. The van der Waals surface area contributed by atoms with Crippen LogP contribution in [0.15, 0.2) is 46.9 Å². The lowest BCUT2D eigenvalue weighted by Gasteiger charge is -2.26. The van der Waals surface area contributed by atoms with Gasteiger partial charge in [0.05, 0.1) is 11.4 Å². The fourth-order valence-corrected chi connectivity index (χ4v) is 4.60. The zero-order valence-electron chi connectivity index (χ0n) is 19.6. The molecule has 0 radical (unpaired) electrons. The van der Waals surface area contributed by atoms with Crippen molar-refractivity contribution in [3.8, 4) is 0 Å². The van der Waals surface area contributed by atoms with Gasteiger partial charge in [-0.2, -0.15) is 0 Å². The first-order chi connectivity index (χ1) is 15.2. The zero-order valence-corrected chi connectivity index (χ0v) is 22.7. The van der Waals surface area contributed by atoms with E-state index in [-0.39, 0.29) is 5.91 Å². The molecule has 32 heavy (non-hydrogen) atoms. The van der Waals surface area contributed by atoms with Crippen LogP contribution in [-0.2, 0) is 16.8 Å². The normalized spacial score (nSPS) is 16.7. The predicted octanol–water partition coefficient (Wildman–Crippen LogP) is 8.26. The van der Waals surface area contributed by atoms with E-state index in [2.05, 4.69) is 20.9 Å². The van der Waals surface area contributed by atoms with E-state index >= 15 is 0 Å². The number of fused-ring (bicyclic) bond motifs is 1. The van der Waals surface area contributed by atoms with Crippen LogP contribution in [-0.4, -0.2) is 15.5 Å². The third kappa shape index (κ3) is 4.90. The minimum atomic E-state index is -0.802. The van der Waals surface area contributed by atoms with Gasteiger partial charge in [0, 0.05) is 26.6 Å². The van der Waals surface area contributed by atoms with Crippen LogP contribution in [0.5, 0.6) is 0 Å². The number of amides is 1. The molecule has 1 amide bonds. The van der Waals surface area contributed by atoms with E-state index < -0.39 is 5.54 Å². The second-order valence-electron chi connectivity index (χ2n) is 7.26. The van der Waals surface area contributed by atoms with E-state index in [1.54, 1.807) is 23.1 Å². The highest BCUT2D eigenvalue weighted by Gasteiger charge is 2.50. The smallest absolute Gasteiger partial charge is 0.260 e. The monoisotopic (exact) mass is 537 g/mol. The molecule has 0 saturated heterocycles. The standard InChI is InChI=1S/C21H18BrCl2N3O.2C2H6/c1-12-13(2)27-20(25-12)26(18-9-16(23)8-17(24)10-18)19(28)21(27,3)11-14-4-6-15(22)7-5-14;2*1-2/h4-10H,11H2,1-3H3;2*1-2H3/t21-;;/m1../s1. The van der Waals surface area contributed by atoms with Gasteiger partial charge in [-0.3, -0.25) is 9.36 Å². The average Bonchev–Trinajstić information content (AvgIpc) is 3.17. The molecule has 1 aliphatic heterocycles. The maximum absolute atomic E-state index is 13.7. The molecule has 0 fully saturated rings. The van der Waals surface area contributed by atoms with Gasteiger partial charge >= 0.3 is 0 Å². The number of rotatable bonds is 3. The number of aryl methyl sites for hydroxylation is 1. The van der Waals surface area contributed by atoms with Crippen molar-refractivity contribution in [3.05, 3.63) is 73.9 Å². The van der Waals surface area contributed by atoms with Crippen LogP contribution < -0.4 is 4.90 Å². The lowest BCUT2D eigenvalue weighted by atomic mass is 9.91. The Kier molecular flexibility index (Phi) is 8.98. The Labute approximate surface area is 209 Å². The lowest BCUT2D eigenvalue weighted by Crippen LogP contribution is -2.41. The number of halogens is 3. The van der Waals surface area contributed by atoms with Crippen LogP contribution >= 0.6 is 39.1 Å². The molecular formula is C25H30BrCl2N3O. The molecule has 7 heteroatoms. The summed E-state index contributed by atoms with van der Waals surface area (Å²) in [4.78, 5) is 20.0. The summed E-state index contributed by atoms with van der Waals surface area (Å²) in [6.45, 7) is 13.9. The Morgan fingerprint density at radius 2 is 1.50 bits per heavy atom. The average molecular weight is 539 g/mol. The first-order valence-electron chi connectivity index (χ1n) is 10.8. The van der Waals surface area contributed by atoms with E-state index in [0.717, 1.165) is 21.4 Å². The summed E-state index contributed by atoms with van der Waals surface area (Å²) in [7, 11) is 0. The molecule has 0 N–H and O–H groups in total. The van der Waals surface area contributed by atoms with Crippen LogP contribution in [0.1, 0.15) is 51.6 Å². The summed E-state index contributed by atoms with van der Waals surface area (Å²) >= 11 is 15.9. The number of nitrogens with zero attached hydrogens (tertiary/aromatic N) is 3. The largest absolute Gasteiger partial charge is 0.299 e. The van der Waals surface area contributed by atoms with Gasteiger partial charge in [-0.05, 0) is 56.7 Å². The number of carbonyl (C=O) groups excluding carboxylic acids is 1. The van der Waals surface area contributed by atoms with Crippen molar-refractivity contribution >= 4 is 56.7 Å². The number of aromatic nitrogens is 2. The van der Waals surface area contributed by atoms with Crippen molar-refractivity contribution in [1.82, 2.24) is 9.55 Å². The molecule has 0 unspecified atom stereocenters. The van der Waals surface area contributed by atoms with Crippen LogP contribution in [0.4, 0.5) is 11.6 Å². The van der Waals surface area contributed by atoms with E-state index in [9.17, 15) is 4.79 Å². The number of benzene rings is 2. The van der Waals surface area contributed by atoms with E-state index in [1.807, 2.05) is 77.3 Å². The van der Waals surface area contributed by atoms with Crippen molar-refractivity contribution in [1.29, 1.82) is 0 Å². The first kappa shape index (κ1) is 26.4. The lowest BCUT2D eigenvalue weighted by molar-refractivity contribution is -0.124. The molecule has 1 atom stereocenters. The van der Waals surface area contributed by atoms with Gasteiger partial charge in [0.2, 0.25) is 5.95 Å². The minimum Gasteiger partial charge on any atom is -0.299 e. The summed E-state index contributed by atoms with van der Waals surface area (Å²) in [5.74, 6) is 0.539. The van der Waals surface area contributed by atoms with Gasteiger partial charge < -0.3 is 0 Å². The molecule has 3 aromatic rings. The predicted molar refractivity (Wildman–Crippen MR) is 139 cm³/mol. The molecule has 4 rings (SSSR count). The van der Waals surface area contributed by atoms with Crippen molar-refractivity contribution in [2.24, 2.45) is 0 Å². The van der Waals surface area contributed by atoms with Crippen LogP contribution in [0.2, 0.25) is 10.0 Å². The van der Waals surface area contributed by atoms with Crippen LogP contribution in [0.25, 0.3) is 0 Å². The SMILES string of the molecule is CC.CC.Cc1nc2n(c1C)[C@](C)(Cc1ccc(Br)cc1)C(=O)N2c1cc(Cl)cc(Cl)c1. The van der Waals surface area contributed by atoms with Gasteiger partial charge in [-0.25, -0.2) is 9.88 Å². The van der Waals surface area contributed by atoms with E-state index in [1.165, 1.54) is 0 Å². The Balaban J connectivity index is 0.000000860. The van der Waals surface area contributed by atoms with E-state index in [4.69, 9.17) is 23.2 Å². The Morgan fingerprint density at radius 1 is 0.969 bits per heavy atom. The van der Waals surface area contributed by atoms with Crippen molar-refractivity contribution in [3.63, 3.8) is 0 Å². The molecule has 1 aliphatic rings. The molecule has 0 bridgehead atoms. The van der Waals surface area contributed by atoms with Crippen molar-refractivity contribution in [2.45, 2.75) is 60.4 Å². The summed E-state index contributed by atoms with van der Waals surface area (Å²) in [6.07, 6.45) is 0.549. The number of hydrogen-bond donors (Lipinski definition) is 0. The third-order valence-corrected chi connectivity index (χ3v) is 6.22. The molecule has 2 aromatic carbocycles. The maximum Gasteiger partial charge on any atom is 0.260 e. The van der Waals surface area contributed by atoms with Gasteiger partial charge in [0.25, 0.3) is 5.91 Å². The number of imidazole rings is 1. The third-order valence-electron chi connectivity index (χ3n) is 5.25. The van der Waals surface area contributed by atoms with Crippen LogP contribution in [0.3, 0.4) is 0 Å². The molecule has 1 aromatic heterocycles. The molecule has 172 valence electrons. The van der Waals surface area contributed by atoms with Gasteiger partial charge in [0.15, 0.2) is 0 Å². The highest BCUT2D eigenvalue weighted by atomic mass is 79.9. The molecule has 0 aliphatic carbocycles. The topological polar surface area (TPSA) is 38.1 Å². The van der Waals surface area contributed by atoms with Gasteiger partial charge in [-0.15, -0.1) is 0 Å². The van der Waals surface area contributed by atoms with Crippen molar-refractivity contribution in [2.75, 3.05) is 4.90 Å². The molecular weight excluding hydrogens is 509 g/mol. The Bertz CT molecular complexity index is 1080. The maximum atomic E-state index is 13.7. The van der Waals surface area contributed by atoms with Crippen LogP contribution in [0, 0.1) is 13.8 Å². The highest BCUT2D eigenvalue weighted by Crippen LogP contribution is 2.44. The first-order valence-corrected chi connectivity index (χ1v) is 12.4. The molecule has 0 spiro atoms. The van der Waals surface area contributed by atoms with E-state index in [0.29, 0.717) is 28.1 Å².